The van der Waals surface area contributed by atoms with Gasteiger partial charge in [0.25, 0.3) is 0 Å². The highest BCUT2D eigenvalue weighted by Crippen LogP contribution is 2.61. The van der Waals surface area contributed by atoms with Crippen molar-refractivity contribution in [3.8, 4) is 6.07 Å². The Morgan fingerprint density at radius 3 is 2.85 bits per heavy atom. The van der Waals surface area contributed by atoms with Gasteiger partial charge in [0.1, 0.15) is 11.7 Å². The van der Waals surface area contributed by atoms with Gasteiger partial charge in [-0.2, -0.15) is 5.26 Å². The molecule has 0 radical (unpaired) electrons. The zero-order chi connectivity index (χ0) is 18.3. The summed E-state index contributed by atoms with van der Waals surface area (Å²) < 4.78 is 0. The highest BCUT2D eigenvalue weighted by molar-refractivity contribution is 7.80. The number of pyridine rings is 1. The van der Waals surface area contributed by atoms with Crippen LogP contribution in [0.3, 0.4) is 0 Å². The van der Waals surface area contributed by atoms with Crippen molar-refractivity contribution < 1.29 is 0 Å². The Hall–Kier alpha value is -2.26. The average molecular weight is 366 g/mol. The molecule has 3 N–H and O–H groups in total. The first-order chi connectivity index (χ1) is 12.5. The molecule has 0 amide bonds. The van der Waals surface area contributed by atoms with Crippen molar-refractivity contribution in [1.29, 1.82) is 5.26 Å². The number of hydrogen-bond donors (Lipinski definition) is 2. The van der Waals surface area contributed by atoms with Crippen LogP contribution in [0.15, 0.2) is 23.3 Å². The molecule has 2 saturated carbocycles. The Morgan fingerprint density at radius 1 is 1.46 bits per heavy atom. The smallest absolute Gasteiger partial charge is 0.132 e. The first-order valence-corrected chi connectivity index (χ1v) is 9.56. The summed E-state index contributed by atoms with van der Waals surface area (Å²) in [6.07, 6.45) is 12.2. The fourth-order valence-electron chi connectivity index (χ4n) is 4.73. The van der Waals surface area contributed by atoms with E-state index in [9.17, 15) is 5.26 Å². The summed E-state index contributed by atoms with van der Waals surface area (Å²) in [6, 6.07) is 4.39. The number of nitrogens with zero attached hydrogens (tertiary/aromatic N) is 3. The molecule has 2 heterocycles. The van der Waals surface area contributed by atoms with Gasteiger partial charge in [0, 0.05) is 42.2 Å². The molecule has 6 heteroatoms. The molecule has 4 rings (SSSR count). The van der Waals surface area contributed by atoms with Crippen LogP contribution in [0.1, 0.15) is 43.2 Å². The lowest BCUT2D eigenvalue weighted by Gasteiger charge is -2.57. The zero-order valence-electron chi connectivity index (χ0n) is 14.9. The Morgan fingerprint density at radius 2 is 2.23 bits per heavy atom. The molecular weight excluding hydrogens is 342 g/mol. The number of allylic oxidation sites excluding steroid dienone is 1. The summed E-state index contributed by atoms with van der Waals surface area (Å²) >= 11 is 5.54. The van der Waals surface area contributed by atoms with E-state index in [1.54, 1.807) is 19.5 Å². The van der Waals surface area contributed by atoms with E-state index in [0.29, 0.717) is 22.1 Å². The molecule has 2 aliphatic carbocycles. The highest BCUT2D eigenvalue weighted by atomic mass is 32.1. The topological polar surface area (TPSA) is 87.1 Å². The van der Waals surface area contributed by atoms with Gasteiger partial charge in [-0.15, -0.1) is 0 Å². The number of hydrogen-bond acceptors (Lipinski definition) is 5. The van der Waals surface area contributed by atoms with Crippen molar-refractivity contribution in [3.05, 3.63) is 29.5 Å². The molecule has 0 saturated heterocycles. The number of thiocarbonyl (C=S) groups is 1. The predicted octanol–water partition coefficient (Wildman–Crippen LogP) is 3.32. The lowest BCUT2D eigenvalue weighted by Crippen LogP contribution is -2.49. The van der Waals surface area contributed by atoms with Crippen molar-refractivity contribution >= 4 is 34.9 Å². The van der Waals surface area contributed by atoms with Crippen LogP contribution >= 0.6 is 12.2 Å². The van der Waals surface area contributed by atoms with E-state index < -0.39 is 0 Å². The number of aliphatic imine (C=N–C) groups is 1. The molecule has 1 aromatic rings. The lowest BCUT2D eigenvalue weighted by atomic mass is 9.48. The standard InChI is InChI=1S/C20H23N5S/c1-23-10-13-5-12(11-24-18(13)22)17-6-15(16(9-21)19(26)25-17)14-7-20(8-14)3-2-4-20/h5-6,10-11,14-16H,2-4,7-8H2,1H3,(H2,22,24)(H,25,26). The summed E-state index contributed by atoms with van der Waals surface area (Å²) in [5.41, 5.74) is 9.15. The molecule has 134 valence electrons. The third-order valence-electron chi connectivity index (χ3n) is 6.30. The second-order valence-electron chi connectivity index (χ2n) is 7.86. The highest BCUT2D eigenvalue weighted by Gasteiger charge is 2.52. The third-order valence-corrected chi connectivity index (χ3v) is 6.66. The van der Waals surface area contributed by atoms with E-state index in [0.717, 1.165) is 16.8 Å². The van der Waals surface area contributed by atoms with Gasteiger partial charge in [-0.05, 0) is 43.1 Å². The lowest BCUT2D eigenvalue weighted by molar-refractivity contribution is -0.0443. The van der Waals surface area contributed by atoms with Gasteiger partial charge in [0.15, 0.2) is 0 Å². The average Bonchev–Trinajstić information content (AvgIpc) is 2.54. The Kier molecular flexibility index (Phi) is 4.28. The van der Waals surface area contributed by atoms with E-state index in [1.165, 1.54) is 32.1 Å². The van der Waals surface area contributed by atoms with Gasteiger partial charge in [-0.3, -0.25) is 4.99 Å². The number of rotatable bonds is 3. The largest absolute Gasteiger partial charge is 0.383 e. The molecule has 5 nitrogen and oxygen atoms in total. The number of nitriles is 1. The minimum absolute atomic E-state index is 0.177. The van der Waals surface area contributed by atoms with Crippen LogP contribution in [-0.4, -0.2) is 23.2 Å². The van der Waals surface area contributed by atoms with E-state index in [2.05, 4.69) is 27.4 Å². The molecular formula is C20H23N5S. The van der Waals surface area contributed by atoms with Crippen molar-refractivity contribution in [1.82, 2.24) is 10.3 Å². The molecule has 26 heavy (non-hydrogen) atoms. The maximum absolute atomic E-state index is 9.66. The maximum Gasteiger partial charge on any atom is 0.132 e. The first-order valence-electron chi connectivity index (χ1n) is 9.16. The van der Waals surface area contributed by atoms with Crippen LogP contribution in [0, 0.1) is 34.5 Å². The number of aromatic nitrogens is 1. The SMILES string of the molecule is CN=Cc1cc(C2=CC(C3CC4(CCC4)C3)C(C#N)C(=S)N2)cnc1N. The van der Waals surface area contributed by atoms with Crippen molar-refractivity contribution in [2.75, 3.05) is 12.8 Å². The quantitative estimate of drug-likeness (QED) is 0.634. The Bertz CT molecular complexity index is 838. The van der Waals surface area contributed by atoms with Crippen LogP contribution in [0.4, 0.5) is 5.82 Å². The maximum atomic E-state index is 9.66. The van der Waals surface area contributed by atoms with Gasteiger partial charge in [0.05, 0.1) is 11.1 Å². The Labute approximate surface area is 159 Å². The van der Waals surface area contributed by atoms with Crippen molar-refractivity contribution in [2.45, 2.75) is 32.1 Å². The molecule has 0 bridgehead atoms. The monoisotopic (exact) mass is 365 g/mol. The van der Waals surface area contributed by atoms with Crippen LogP contribution in [0.25, 0.3) is 5.70 Å². The van der Waals surface area contributed by atoms with Crippen LogP contribution in [0.2, 0.25) is 0 Å². The zero-order valence-corrected chi connectivity index (χ0v) is 15.7. The van der Waals surface area contributed by atoms with Crippen molar-refractivity contribution in [3.63, 3.8) is 0 Å². The molecule has 3 aliphatic rings. The number of nitrogens with two attached hydrogens (primary N) is 1. The van der Waals surface area contributed by atoms with Gasteiger partial charge >= 0.3 is 0 Å². The van der Waals surface area contributed by atoms with E-state index in [1.807, 2.05) is 6.07 Å². The van der Waals surface area contributed by atoms with Gasteiger partial charge in [-0.1, -0.05) is 24.7 Å². The van der Waals surface area contributed by atoms with Gasteiger partial charge in [0.2, 0.25) is 0 Å². The summed E-state index contributed by atoms with van der Waals surface area (Å²) in [5.74, 6) is 0.939. The summed E-state index contributed by atoms with van der Waals surface area (Å²) in [4.78, 5) is 8.94. The summed E-state index contributed by atoms with van der Waals surface area (Å²) in [7, 11) is 1.71. The normalized spacial score (nSPS) is 27.4. The van der Waals surface area contributed by atoms with Crippen molar-refractivity contribution in [2.24, 2.45) is 28.2 Å². The van der Waals surface area contributed by atoms with Crippen LogP contribution < -0.4 is 11.1 Å². The molecule has 0 aromatic carbocycles. The number of nitrogens with one attached hydrogen (secondary N) is 1. The second kappa shape index (κ2) is 6.48. The predicted molar refractivity (Wildman–Crippen MR) is 107 cm³/mol. The molecule has 1 aliphatic heterocycles. The Balaban J connectivity index is 1.64. The van der Waals surface area contributed by atoms with E-state index in [-0.39, 0.29) is 11.8 Å². The number of anilines is 1. The van der Waals surface area contributed by atoms with Gasteiger partial charge < -0.3 is 11.1 Å². The fourth-order valence-corrected chi connectivity index (χ4v) is 5.05. The van der Waals surface area contributed by atoms with E-state index in [4.69, 9.17) is 18.0 Å². The minimum Gasteiger partial charge on any atom is -0.383 e. The molecule has 2 fully saturated rings. The summed E-state index contributed by atoms with van der Waals surface area (Å²) in [6.45, 7) is 0. The second-order valence-corrected chi connectivity index (χ2v) is 8.30. The number of nitrogen functional groups attached to an aromatic ring is 1. The molecule has 1 spiro atoms. The summed E-state index contributed by atoms with van der Waals surface area (Å²) in [5, 5.41) is 12.9. The van der Waals surface area contributed by atoms with Gasteiger partial charge in [-0.25, -0.2) is 4.98 Å². The third kappa shape index (κ3) is 2.80. The molecule has 2 unspecified atom stereocenters. The molecule has 1 aromatic heterocycles. The fraction of sp³-hybridized carbons (Fsp3) is 0.500. The molecule has 2 atom stereocenters. The van der Waals surface area contributed by atoms with Crippen LogP contribution in [-0.2, 0) is 0 Å². The van der Waals surface area contributed by atoms with E-state index >= 15 is 0 Å². The minimum atomic E-state index is -0.241. The first kappa shape index (κ1) is 17.2. The van der Waals surface area contributed by atoms with Crippen LogP contribution in [0.5, 0.6) is 0 Å².